The summed E-state index contributed by atoms with van der Waals surface area (Å²) in [6.45, 7) is 1.61. The fourth-order valence-corrected chi connectivity index (χ4v) is 2.13. The molecule has 1 aliphatic carbocycles. The molecular formula is C13H13NO4. The molecule has 1 N–H and O–H groups in total. The number of carbonyl (C=O) groups excluding carboxylic acids is 1. The maximum absolute atomic E-state index is 11.5. The molecule has 0 saturated carbocycles. The van der Waals surface area contributed by atoms with Gasteiger partial charge in [-0.1, -0.05) is 0 Å². The van der Waals surface area contributed by atoms with Gasteiger partial charge in [-0.3, -0.25) is 14.9 Å². The van der Waals surface area contributed by atoms with Crippen molar-refractivity contribution in [1.82, 2.24) is 0 Å². The number of allylic oxidation sites excluding steroid dienone is 1. The van der Waals surface area contributed by atoms with Crippen molar-refractivity contribution >= 4 is 17.0 Å². The van der Waals surface area contributed by atoms with Crippen LogP contribution in [0.25, 0.3) is 5.57 Å². The van der Waals surface area contributed by atoms with Crippen LogP contribution in [0, 0.1) is 10.1 Å². The monoisotopic (exact) mass is 247 g/mol. The van der Waals surface area contributed by atoms with Gasteiger partial charge in [0.25, 0.3) is 5.69 Å². The Kier molecular flexibility index (Phi) is 3.00. The lowest BCUT2D eigenvalue weighted by Gasteiger charge is -2.27. The third kappa shape index (κ3) is 2.62. The van der Waals surface area contributed by atoms with E-state index in [1.807, 2.05) is 0 Å². The smallest absolute Gasteiger partial charge is 0.269 e. The SMILES string of the molecule is CC1(O)CC(=O)C=C(c2ccc([N+](=O)[O-])cc2)C1. The van der Waals surface area contributed by atoms with Crippen molar-refractivity contribution in [3.63, 3.8) is 0 Å². The van der Waals surface area contributed by atoms with Crippen LogP contribution in [0.15, 0.2) is 30.3 Å². The van der Waals surface area contributed by atoms with E-state index in [9.17, 15) is 20.0 Å². The van der Waals surface area contributed by atoms with E-state index in [0.717, 1.165) is 5.56 Å². The van der Waals surface area contributed by atoms with Gasteiger partial charge in [0, 0.05) is 25.0 Å². The molecule has 1 aromatic carbocycles. The number of nitro benzene ring substituents is 1. The molecule has 0 fully saturated rings. The van der Waals surface area contributed by atoms with Gasteiger partial charge in [-0.2, -0.15) is 0 Å². The Balaban J connectivity index is 2.31. The van der Waals surface area contributed by atoms with Crippen molar-refractivity contribution in [1.29, 1.82) is 0 Å². The molecule has 1 aliphatic rings. The summed E-state index contributed by atoms with van der Waals surface area (Å²) in [6.07, 6.45) is 1.99. The van der Waals surface area contributed by atoms with Crippen molar-refractivity contribution in [2.45, 2.75) is 25.4 Å². The Labute approximate surface area is 104 Å². The van der Waals surface area contributed by atoms with Gasteiger partial charge >= 0.3 is 0 Å². The van der Waals surface area contributed by atoms with Gasteiger partial charge in [-0.15, -0.1) is 0 Å². The molecule has 5 heteroatoms. The predicted octanol–water partition coefficient (Wildman–Crippen LogP) is 2.09. The highest BCUT2D eigenvalue weighted by molar-refractivity contribution is 5.99. The summed E-state index contributed by atoms with van der Waals surface area (Å²) in [5, 5.41) is 20.5. The van der Waals surface area contributed by atoms with Crippen LogP contribution in [0.4, 0.5) is 5.69 Å². The molecule has 0 spiro atoms. The second kappa shape index (κ2) is 4.34. The summed E-state index contributed by atoms with van der Waals surface area (Å²) in [4.78, 5) is 21.6. The molecule has 0 bridgehead atoms. The quantitative estimate of drug-likeness (QED) is 0.641. The number of nitrogens with zero attached hydrogens (tertiary/aromatic N) is 1. The molecule has 0 saturated heterocycles. The number of nitro groups is 1. The summed E-state index contributed by atoms with van der Waals surface area (Å²) in [5.74, 6) is -0.125. The Morgan fingerprint density at radius 3 is 2.39 bits per heavy atom. The van der Waals surface area contributed by atoms with Crippen LogP contribution < -0.4 is 0 Å². The van der Waals surface area contributed by atoms with Gasteiger partial charge in [0.15, 0.2) is 5.78 Å². The van der Waals surface area contributed by atoms with E-state index < -0.39 is 10.5 Å². The summed E-state index contributed by atoms with van der Waals surface area (Å²) in [5.41, 5.74) is 0.413. The Morgan fingerprint density at radius 2 is 1.89 bits per heavy atom. The first-order chi connectivity index (χ1) is 8.37. The van der Waals surface area contributed by atoms with Gasteiger partial charge in [-0.05, 0) is 36.3 Å². The third-order valence-electron chi connectivity index (χ3n) is 2.91. The minimum absolute atomic E-state index is 0.00764. The average molecular weight is 247 g/mol. The molecule has 0 heterocycles. The second-order valence-electron chi connectivity index (χ2n) is 4.79. The van der Waals surface area contributed by atoms with Crippen LogP contribution in [-0.4, -0.2) is 21.4 Å². The summed E-state index contributed by atoms with van der Waals surface area (Å²) < 4.78 is 0. The third-order valence-corrected chi connectivity index (χ3v) is 2.91. The molecule has 0 aliphatic heterocycles. The zero-order valence-corrected chi connectivity index (χ0v) is 9.92. The minimum atomic E-state index is -1.04. The van der Waals surface area contributed by atoms with E-state index in [1.165, 1.54) is 18.2 Å². The van der Waals surface area contributed by atoms with Gasteiger partial charge in [0.2, 0.25) is 0 Å². The number of ketones is 1. The number of hydrogen-bond donors (Lipinski definition) is 1. The molecule has 5 nitrogen and oxygen atoms in total. The lowest BCUT2D eigenvalue weighted by molar-refractivity contribution is -0.384. The molecule has 0 amide bonds. The molecule has 0 aromatic heterocycles. The van der Waals surface area contributed by atoms with Crippen LogP contribution in [0.3, 0.4) is 0 Å². The van der Waals surface area contributed by atoms with E-state index in [2.05, 4.69) is 0 Å². The van der Waals surface area contributed by atoms with E-state index in [1.54, 1.807) is 19.1 Å². The highest BCUT2D eigenvalue weighted by Crippen LogP contribution is 2.32. The van der Waals surface area contributed by atoms with Crippen LogP contribution in [0.2, 0.25) is 0 Å². The summed E-state index contributed by atoms with van der Waals surface area (Å²) >= 11 is 0. The first kappa shape index (κ1) is 12.4. The second-order valence-corrected chi connectivity index (χ2v) is 4.79. The molecule has 1 unspecified atom stereocenters. The molecule has 0 radical (unpaired) electrons. The topological polar surface area (TPSA) is 80.4 Å². The molecule has 18 heavy (non-hydrogen) atoms. The van der Waals surface area contributed by atoms with Crippen molar-refractivity contribution in [2.24, 2.45) is 0 Å². The zero-order chi connectivity index (χ0) is 13.3. The molecular weight excluding hydrogens is 234 g/mol. The van der Waals surface area contributed by atoms with Crippen LogP contribution in [0.1, 0.15) is 25.3 Å². The Hall–Kier alpha value is -2.01. The highest BCUT2D eigenvalue weighted by atomic mass is 16.6. The van der Waals surface area contributed by atoms with Crippen LogP contribution in [-0.2, 0) is 4.79 Å². The van der Waals surface area contributed by atoms with E-state index in [0.29, 0.717) is 12.0 Å². The van der Waals surface area contributed by atoms with Crippen LogP contribution >= 0.6 is 0 Å². The highest BCUT2D eigenvalue weighted by Gasteiger charge is 2.30. The summed E-state index contributed by atoms with van der Waals surface area (Å²) in [6, 6.07) is 5.98. The number of hydrogen-bond acceptors (Lipinski definition) is 4. The average Bonchev–Trinajstić information content (AvgIpc) is 2.26. The Bertz CT molecular complexity index is 528. The molecule has 1 aromatic rings. The lowest BCUT2D eigenvalue weighted by atomic mass is 9.83. The summed E-state index contributed by atoms with van der Waals surface area (Å²) in [7, 11) is 0. The molecule has 2 rings (SSSR count). The molecule has 94 valence electrons. The maximum Gasteiger partial charge on any atom is 0.269 e. The van der Waals surface area contributed by atoms with Gasteiger partial charge in [-0.25, -0.2) is 0 Å². The van der Waals surface area contributed by atoms with Crippen molar-refractivity contribution in [3.05, 3.63) is 46.0 Å². The first-order valence-electron chi connectivity index (χ1n) is 5.58. The number of carbonyl (C=O) groups is 1. The molecule has 1 atom stereocenters. The zero-order valence-electron chi connectivity index (χ0n) is 9.92. The number of aliphatic hydroxyl groups is 1. The minimum Gasteiger partial charge on any atom is -0.389 e. The van der Waals surface area contributed by atoms with Crippen molar-refractivity contribution in [2.75, 3.05) is 0 Å². The number of rotatable bonds is 2. The van der Waals surface area contributed by atoms with E-state index >= 15 is 0 Å². The fourth-order valence-electron chi connectivity index (χ4n) is 2.13. The normalized spacial score (nSPS) is 23.7. The largest absolute Gasteiger partial charge is 0.389 e. The standard InChI is InChI=1S/C13H13NO4/c1-13(16)7-10(6-12(15)8-13)9-2-4-11(5-3-9)14(17)18/h2-6,16H,7-8H2,1H3. The maximum atomic E-state index is 11.5. The number of benzene rings is 1. The fraction of sp³-hybridized carbons (Fsp3) is 0.308. The van der Waals surface area contributed by atoms with Gasteiger partial charge < -0.3 is 5.11 Å². The van der Waals surface area contributed by atoms with Gasteiger partial charge in [0.1, 0.15) is 0 Å². The van der Waals surface area contributed by atoms with E-state index in [-0.39, 0.29) is 17.9 Å². The Morgan fingerprint density at radius 1 is 1.28 bits per heavy atom. The van der Waals surface area contributed by atoms with Crippen molar-refractivity contribution in [3.8, 4) is 0 Å². The van der Waals surface area contributed by atoms with Gasteiger partial charge in [0.05, 0.1) is 10.5 Å². The lowest BCUT2D eigenvalue weighted by Crippen LogP contribution is -2.30. The van der Waals surface area contributed by atoms with E-state index in [4.69, 9.17) is 0 Å². The first-order valence-corrected chi connectivity index (χ1v) is 5.58. The van der Waals surface area contributed by atoms with Crippen LogP contribution in [0.5, 0.6) is 0 Å². The number of non-ortho nitro benzene ring substituents is 1. The van der Waals surface area contributed by atoms with Crippen molar-refractivity contribution < 1.29 is 14.8 Å². The predicted molar refractivity (Wildman–Crippen MR) is 65.9 cm³/mol.